The number of rotatable bonds is 4. The molecule has 0 aliphatic carbocycles. The van der Waals surface area contributed by atoms with E-state index < -0.39 is 20.6 Å². The first-order valence-corrected chi connectivity index (χ1v) is 6.23. The molecular weight excluding hydrogens is 245 g/mol. The van der Waals surface area contributed by atoms with Gasteiger partial charge >= 0.3 is 0 Å². The Morgan fingerprint density at radius 2 is 2.06 bits per heavy atom. The molecular formula is C11H10FNO3S. The Kier molecular flexibility index (Phi) is 4.24. The highest BCUT2D eigenvalue weighted by molar-refractivity contribution is 7.95. The number of allylic oxidation sites excluding steroid dienone is 1. The van der Waals surface area contributed by atoms with Crippen molar-refractivity contribution >= 4 is 9.84 Å². The summed E-state index contributed by atoms with van der Waals surface area (Å²) in [6.07, 6.45) is 0.888. The zero-order valence-electron chi connectivity index (χ0n) is 9.05. The van der Waals surface area contributed by atoms with E-state index in [2.05, 4.69) is 0 Å². The summed E-state index contributed by atoms with van der Waals surface area (Å²) < 4.78 is 41.2. The quantitative estimate of drug-likeness (QED) is 0.469. The fourth-order valence-electron chi connectivity index (χ4n) is 1.05. The lowest BCUT2D eigenvalue weighted by atomic mass is 10.4. The van der Waals surface area contributed by atoms with Gasteiger partial charge in [0.1, 0.15) is 18.1 Å². The largest absolute Gasteiger partial charge is 0.499 e. The van der Waals surface area contributed by atoms with Crippen molar-refractivity contribution in [1.82, 2.24) is 0 Å². The van der Waals surface area contributed by atoms with Crippen LogP contribution in [-0.4, -0.2) is 15.0 Å². The van der Waals surface area contributed by atoms with Gasteiger partial charge in [-0.05, 0) is 31.2 Å². The topological polar surface area (TPSA) is 67.2 Å². The van der Waals surface area contributed by atoms with Crippen LogP contribution in [0.5, 0.6) is 0 Å². The van der Waals surface area contributed by atoms with E-state index in [4.69, 9.17) is 10.00 Å². The second-order valence-corrected chi connectivity index (χ2v) is 4.92. The smallest absolute Gasteiger partial charge is 0.219 e. The summed E-state index contributed by atoms with van der Waals surface area (Å²) in [4.78, 5) is -0.655. The molecule has 0 spiro atoms. The second-order valence-electron chi connectivity index (χ2n) is 3.01. The van der Waals surface area contributed by atoms with Crippen LogP contribution in [0.25, 0.3) is 0 Å². The third-order valence-corrected chi connectivity index (χ3v) is 3.54. The van der Waals surface area contributed by atoms with Crippen LogP contribution in [0.3, 0.4) is 0 Å². The second kappa shape index (κ2) is 5.46. The molecule has 0 saturated heterocycles. The average molecular weight is 255 g/mol. The van der Waals surface area contributed by atoms with Crippen LogP contribution >= 0.6 is 0 Å². The molecule has 0 saturated carbocycles. The molecule has 6 heteroatoms. The van der Waals surface area contributed by atoms with Crippen molar-refractivity contribution in [1.29, 1.82) is 5.26 Å². The molecule has 0 aliphatic rings. The molecule has 1 rings (SSSR count). The summed E-state index contributed by atoms with van der Waals surface area (Å²) in [6.45, 7) is 1.92. The van der Waals surface area contributed by atoms with E-state index in [-0.39, 0.29) is 11.5 Å². The maximum Gasteiger partial charge on any atom is 0.219 e. The normalized spacial score (nSPS) is 11.9. The Hall–Kier alpha value is -1.87. The van der Waals surface area contributed by atoms with Crippen molar-refractivity contribution in [3.8, 4) is 6.07 Å². The first kappa shape index (κ1) is 13.2. The molecule has 0 heterocycles. The molecule has 0 atom stereocenters. The van der Waals surface area contributed by atoms with E-state index in [0.29, 0.717) is 0 Å². The van der Waals surface area contributed by atoms with E-state index in [9.17, 15) is 12.8 Å². The van der Waals surface area contributed by atoms with E-state index in [0.717, 1.165) is 30.5 Å². The monoisotopic (exact) mass is 255 g/mol. The Balaban J connectivity index is 3.19. The van der Waals surface area contributed by atoms with Crippen LogP contribution in [-0.2, 0) is 14.6 Å². The summed E-state index contributed by atoms with van der Waals surface area (Å²) in [5.74, 6) is -0.545. The number of sulfone groups is 1. The van der Waals surface area contributed by atoms with Gasteiger partial charge in [0.05, 0.1) is 11.5 Å². The summed E-state index contributed by atoms with van der Waals surface area (Å²) in [7, 11) is -3.93. The van der Waals surface area contributed by atoms with E-state index in [1.807, 2.05) is 0 Å². The minimum Gasteiger partial charge on any atom is -0.499 e. The highest BCUT2D eigenvalue weighted by Crippen LogP contribution is 2.19. The summed E-state index contributed by atoms with van der Waals surface area (Å²) in [5, 5.41) is 8.75. The third kappa shape index (κ3) is 3.04. The molecule has 1 aromatic carbocycles. The molecule has 0 aromatic heterocycles. The van der Waals surface area contributed by atoms with Crippen molar-refractivity contribution < 1.29 is 17.5 Å². The van der Waals surface area contributed by atoms with Crippen molar-refractivity contribution in [2.45, 2.75) is 11.8 Å². The predicted octanol–water partition coefficient (Wildman–Crippen LogP) is 2.00. The Morgan fingerprint density at radius 1 is 1.47 bits per heavy atom. The standard InChI is InChI=1S/C11H10FNO3S/c1-2-16-8-11(7-13)17(14,15)10-5-3-9(12)4-6-10/h3-6,8H,2H2,1H3/b11-8+. The van der Waals surface area contributed by atoms with Gasteiger partial charge < -0.3 is 4.74 Å². The van der Waals surface area contributed by atoms with Crippen LogP contribution in [0, 0.1) is 17.1 Å². The lowest BCUT2D eigenvalue weighted by Crippen LogP contribution is -2.04. The van der Waals surface area contributed by atoms with Crippen molar-refractivity contribution in [3.05, 3.63) is 41.2 Å². The first-order valence-electron chi connectivity index (χ1n) is 4.75. The molecule has 0 aliphatic heterocycles. The number of ether oxygens (including phenoxy) is 1. The van der Waals surface area contributed by atoms with Gasteiger partial charge in [-0.2, -0.15) is 5.26 Å². The maximum atomic E-state index is 12.7. The molecule has 0 fully saturated rings. The van der Waals surface area contributed by atoms with E-state index in [1.165, 1.54) is 0 Å². The molecule has 0 unspecified atom stereocenters. The summed E-state index contributed by atoms with van der Waals surface area (Å²) in [5.41, 5.74) is 0. The number of halogens is 1. The van der Waals surface area contributed by atoms with Gasteiger partial charge in [0, 0.05) is 0 Å². The van der Waals surface area contributed by atoms with Gasteiger partial charge in [-0.15, -0.1) is 0 Å². The summed E-state index contributed by atoms with van der Waals surface area (Å²) >= 11 is 0. The van der Waals surface area contributed by atoms with E-state index >= 15 is 0 Å². The van der Waals surface area contributed by atoms with Gasteiger partial charge in [-0.1, -0.05) is 0 Å². The zero-order chi connectivity index (χ0) is 12.9. The van der Waals surface area contributed by atoms with E-state index in [1.54, 1.807) is 13.0 Å². The van der Waals surface area contributed by atoms with Gasteiger partial charge in [0.15, 0.2) is 4.91 Å². The van der Waals surface area contributed by atoms with Gasteiger partial charge in [-0.25, -0.2) is 12.8 Å². The van der Waals surface area contributed by atoms with Crippen molar-refractivity contribution in [2.75, 3.05) is 6.61 Å². The van der Waals surface area contributed by atoms with Crippen LogP contribution in [0.1, 0.15) is 6.92 Å². The maximum absolute atomic E-state index is 12.7. The molecule has 4 nitrogen and oxygen atoms in total. The minimum absolute atomic E-state index is 0.147. The number of hydrogen-bond donors (Lipinski definition) is 0. The Labute approximate surface area is 98.9 Å². The molecule has 90 valence electrons. The Morgan fingerprint density at radius 3 is 2.53 bits per heavy atom. The Bertz CT molecular complexity index is 555. The highest BCUT2D eigenvalue weighted by Gasteiger charge is 2.21. The molecule has 0 radical (unpaired) electrons. The highest BCUT2D eigenvalue weighted by atomic mass is 32.2. The number of nitriles is 1. The van der Waals surface area contributed by atoms with Crippen LogP contribution in [0.15, 0.2) is 40.3 Å². The van der Waals surface area contributed by atoms with Gasteiger partial charge in [-0.3, -0.25) is 0 Å². The molecule has 1 aromatic rings. The zero-order valence-corrected chi connectivity index (χ0v) is 9.87. The predicted molar refractivity (Wildman–Crippen MR) is 58.9 cm³/mol. The van der Waals surface area contributed by atoms with Crippen LogP contribution < -0.4 is 0 Å². The van der Waals surface area contributed by atoms with Gasteiger partial charge in [0.25, 0.3) is 0 Å². The number of hydrogen-bond acceptors (Lipinski definition) is 4. The average Bonchev–Trinajstić information content (AvgIpc) is 2.30. The molecule has 0 N–H and O–H groups in total. The lowest BCUT2D eigenvalue weighted by Gasteiger charge is -2.02. The first-order chi connectivity index (χ1) is 8.02. The fourth-order valence-corrected chi connectivity index (χ4v) is 2.11. The molecule has 17 heavy (non-hydrogen) atoms. The molecule has 0 amide bonds. The number of nitrogens with zero attached hydrogens (tertiary/aromatic N) is 1. The molecule has 0 bridgehead atoms. The van der Waals surface area contributed by atoms with Crippen molar-refractivity contribution in [3.63, 3.8) is 0 Å². The van der Waals surface area contributed by atoms with Crippen LogP contribution in [0.4, 0.5) is 4.39 Å². The SMILES string of the molecule is CCO/C=C(\C#N)S(=O)(=O)c1ccc(F)cc1. The fraction of sp³-hybridized carbons (Fsp3) is 0.182. The van der Waals surface area contributed by atoms with Crippen LogP contribution in [0.2, 0.25) is 0 Å². The third-order valence-electron chi connectivity index (χ3n) is 1.88. The van der Waals surface area contributed by atoms with Crippen molar-refractivity contribution in [2.24, 2.45) is 0 Å². The summed E-state index contributed by atoms with van der Waals surface area (Å²) in [6, 6.07) is 5.78. The number of benzene rings is 1. The minimum atomic E-state index is -3.93. The lowest BCUT2D eigenvalue weighted by molar-refractivity contribution is 0.268. The van der Waals surface area contributed by atoms with Gasteiger partial charge in [0.2, 0.25) is 9.84 Å².